The number of benzene rings is 1. The second-order valence-electron chi connectivity index (χ2n) is 4.34. The number of halogens is 1. The molecule has 0 atom stereocenters. The Kier molecular flexibility index (Phi) is 4.52. The van der Waals surface area contributed by atoms with Gasteiger partial charge in [0.2, 0.25) is 0 Å². The van der Waals surface area contributed by atoms with Crippen molar-refractivity contribution in [1.29, 1.82) is 0 Å². The van der Waals surface area contributed by atoms with Gasteiger partial charge in [-0.25, -0.2) is 9.37 Å². The van der Waals surface area contributed by atoms with Gasteiger partial charge in [0, 0.05) is 25.9 Å². The van der Waals surface area contributed by atoms with Gasteiger partial charge in [-0.1, -0.05) is 0 Å². The maximum Gasteiger partial charge on any atom is 0.123 e. The normalized spacial score (nSPS) is 10.7. The molecule has 2 rings (SSSR count). The van der Waals surface area contributed by atoms with E-state index >= 15 is 0 Å². The molecular weight excluding hydrogens is 245 g/mol. The highest BCUT2D eigenvalue weighted by Crippen LogP contribution is 2.20. The van der Waals surface area contributed by atoms with Crippen LogP contribution >= 0.6 is 0 Å². The topological polar surface area (TPSA) is 53.1 Å². The first kappa shape index (κ1) is 13.5. The van der Waals surface area contributed by atoms with Crippen LogP contribution in [0.5, 0.6) is 5.75 Å². The Bertz CT molecular complexity index is 539. The third kappa shape index (κ3) is 3.54. The molecule has 0 fully saturated rings. The molecule has 0 aliphatic rings. The van der Waals surface area contributed by atoms with E-state index in [1.54, 1.807) is 12.3 Å². The molecular formula is C14H18FN3O. The predicted molar refractivity (Wildman–Crippen MR) is 71.6 cm³/mol. The molecule has 4 nitrogen and oxygen atoms in total. The second-order valence-corrected chi connectivity index (χ2v) is 4.34. The first-order valence-electron chi connectivity index (χ1n) is 6.28. The SMILES string of the molecule is Cn1ccnc1CCOc1ccc(F)cc1CCN. The van der Waals surface area contributed by atoms with E-state index in [2.05, 4.69) is 4.98 Å². The van der Waals surface area contributed by atoms with Gasteiger partial charge < -0.3 is 15.0 Å². The lowest BCUT2D eigenvalue weighted by molar-refractivity contribution is 0.313. The minimum absolute atomic E-state index is 0.264. The quantitative estimate of drug-likeness (QED) is 0.862. The van der Waals surface area contributed by atoms with E-state index in [-0.39, 0.29) is 5.82 Å². The third-order valence-corrected chi connectivity index (χ3v) is 2.94. The van der Waals surface area contributed by atoms with Crippen molar-refractivity contribution in [3.8, 4) is 5.75 Å². The number of ether oxygens (including phenoxy) is 1. The Labute approximate surface area is 112 Å². The maximum atomic E-state index is 13.2. The van der Waals surface area contributed by atoms with E-state index in [4.69, 9.17) is 10.5 Å². The Morgan fingerprint density at radius 1 is 1.37 bits per heavy atom. The summed E-state index contributed by atoms with van der Waals surface area (Å²) >= 11 is 0. The average Bonchev–Trinajstić information content (AvgIpc) is 2.78. The molecule has 0 aliphatic heterocycles. The van der Waals surface area contributed by atoms with Crippen LogP contribution in [0.4, 0.5) is 4.39 Å². The fraction of sp³-hybridized carbons (Fsp3) is 0.357. The van der Waals surface area contributed by atoms with Crippen LogP contribution in [-0.4, -0.2) is 22.7 Å². The lowest BCUT2D eigenvalue weighted by Gasteiger charge is -2.11. The third-order valence-electron chi connectivity index (χ3n) is 2.94. The Morgan fingerprint density at radius 2 is 2.21 bits per heavy atom. The molecule has 0 unspecified atom stereocenters. The monoisotopic (exact) mass is 263 g/mol. The largest absolute Gasteiger partial charge is 0.493 e. The zero-order valence-corrected chi connectivity index (χ0v) is 11.0. The highest BCUT2D eigenvalue weighted by Gasteiger charge is 2.06. The van der Waals surface area contributed by atoms with Gasteiger partial charge in [0.05, 0.1) is 6.61 Å². The van der Waals surface area contributed by atoms with Crippen LogP contribution in [0.25, 0.3) is 0 Å². The molecule has 2 aromatic rings. The molecule has 0 bridgehead atoms. The lowest BCUT2D eigenvalue weighted by atomic mass is 10.1. The smallest absolute Gasteiger partial charge is 0.123 e. The van der Waals surface area contributed by atoms with Gasteiger partial charge in [0.1, 0.15) is 17.4 Å². The summed E-state index contributed by atoms with van der Waals surface area (Å²) < 4.78 is 20.8. The van der Waals surface area contributed by atoms with Crippen molar-refractivity contribution in [2.45, 2.75) is 12.8 Å². The van der Waals surface area contributed by atoms with Gasteiger partial charge in [0.25, 0.3) is 0 Å². The standard InChI is InChI=1S/C14H18FN3O/c1-18-8-7-17-14(18)5-9-19-13-3-2-12(15)10-11(13)4-6-16/h2-3,7-8,10H,4-6,9,16H2,1H3. The summed E-state index contributed by atoms with van der Waals surface area (Å²) in [6, 6.07) is 4.53. The van der Waals surface area contributed by atoms with Crippen LogP contribution in [-0.2, 0) is 19.9 Å². The number of nitrogens with zero attached hydrogens (tertiary/aromatic N) is 2. The highest BCUT2D eigenvalue weighted by atomic mass is 19.1. The van der Waals surface area contributed by atoms with E-state index in [1.165, 1.54) is 12.1 Å². The van der Waals surface area contributed by atoms with Crippen molar-refractivity contribution in [3.05, 3.63) is 47.8 Å². The van der Waals surface area contributed by atoms with Crippen molar-refractivity contribution >= 4 is 0 Å². The van der Waals surface area contributed by atoms with E-state index in [0.29, 0.717) is 31.7 Å². The molecule has 0 radical (unpaired) electrons. The molecule has 1 aromatic carbocycles. The van der Waals surface area contributed by atoms with E-state index < -0.39 is 0 Å². The van der Waals surface area contributed by atoms with Crippen LogP contribution in [0.3, 0.4) is 0 Å². The molecule has 5 heteroatoms. The van der Waals surface area contributed by atoms with Crippen molar-refractivity contribution < 1.29 is 9.13 Å². The summed E-state index contributed by atoms with van der Waals surface area (Å²) in [5.41, 5.74) is 6.32. The molecule has 0 saturated heterocycles. The molecule has 2 N–H and O–H groups in total. The van der Waals surface area contributed by atoms with Gasteiger partial charge in [0.15, 0.2) is 0 Å². The number of hydrogen-bond acceptors (Lipinski definition) is 3. The van der Waals surface area contributed by atoms with Crippen LogP contribution in [0.15, 0.2) is 30.6 Å². The van der Waals surface area contributed by atoms with Crippen molar-refractivity contribution in [3.63, 3.8) is 0 Å². The summed E-state index contributed by atoms with van der Waals surface area (Å²) in [5.74, 6) is 1.39. The molecule has 0 amide bonds. The fourth-order valence-corrected chi connectivity index (χ4v) is 1.93. The van der Waals surface area contributed by atoms with Crippen molar-refractivity contribution in [2.75, 3.05) is 13.2 Å². The van der Waals surface area contributed by atoms with Crippen LogP contribution in [0.2, 0.25) is 0 Å². The number of nitrogens with two attached hydrogens (primary N) is 1. The molecule has 0 spiro atoms. The summed E-state index contributed by atoms with van der Waals surface area (Å²) in [4.78, 5) is 4.22. The van der Waals surface area contributed by atoms with E-state index in [0.717, 1.165) is 11.4 Å². The Morgan fingerprint density at radius 3 is 2.89 bits per heavy atom. The van der Waals surface area contributed by atoms with Crippen LogP contribution < -0.4 is 10.5 Å². The van der Waals surface area contributed by atoms with Crippen molar-refractivity contribution in [2.24, 2.45) is 12.8 Å². The average molecular weight is 263 g/mol. The Balaban J connectivity index is 1.97. The minimum Gasteiger partial charge on any atom is -0.493 e. The lowest BCUT2D eigenvalue weighted by Crippen LogP contribution is -2.09. The summed E-state index contributed by atoms with van der Waals surface area (Å²) in [6.07, 6.45) is 4.97. The number of hydrogen-bond donors (Lipinski definition) is 1. The fourth-order valence-electron chi connectivity index (χ4n) is 1.93. The van der Waals surface area contributed by atoms with Crippen molar-refractivity contribution in [1.82, 2.24) is 9.55 Å². The molecule has 1 aromatic heterocycles. The number of aryl methyl sites for hydroxylation is 1. The second kappa shape index (κ2) is 6.33. The van der Waals surface area contributed by atoms with Gasteiger partial charge in [-0.2, -0.15) is 0 Å². The van der Waals surface area contributed by atoms with Crippen LogP contribution in [0, 0.1) is 5.82 Å². The van der Waals surface area contributed by atoms with Gasteiger partial charge in [-0.05, 0) is 36.7 Å². The highest BCUT2D eigenvalue weighted by molar-refractivity contribution is 5.34. The first-order chi connectivity index (χ1) is 9.20. The molecule has 102 valence electrons. The zero-order valence-electron chi connectivity index (χ0n) is 11.0. The molecule has 1 heterocycles. The van der Waals surface area contributed by atoms with E-state index in [9.17, 15) is 4.39 Å². The van der Waals surface area contributed by atoms with Gasteiger partial charge >= 0.3 is 0 Å². The zero-order chi connectivity index (χ0) is 13.7. The minimum atomic E-state index is -0.264. The maximum absolute atomic E-state index is 13.2. The number of rotatable bonds is 6. The van der Waals surface area contributed by atoms with Crippen LogP contribution in [0.1, 0.15) is 11.4 Å². The molecule has 19 heavy (non-hydrogen) atoms. The molecule has 0 saturated carbocycles. The number of imidazole rings is 1. The summed E-state index contributed by atoms with van der Waals surface area (Å²) in [5, 5.41) is 0. The van der Waals surface area contributed by atoms with Gasteiger partial charge in [-0.15, -0.1) is 0 Å². The number of aromatic nitrogens is 2. The predicted octanol–water partition coefficient (Wildman–Crippen LogP) is 1.68. The summed E-state index contributed by atoms with van der Waals surface area (Å²) in [7, 11) is 1.94. The summed E-state index contributed by atoms with van der Waals surface area (Å²) in [6.45, 7) is 0.979. The molecule has 0 aliphatic carbocycles. The first-order valence-corrected chi connectivity index (χ1v) is 6.28. The Hall–Kier alpha value is -1.88. The van der Waals surface area contributed by atoms with Gasteiger partial charge in [-0.3, -0.25) is 0 Å². The van der Waals surface area contributed by atoms with E-state index in [1.807, 2.05) is 17.8 Å².